The molecule has 4 aromatic rings. The minimum absolute atomic E-state index is 0.0545. The van der Waals surface area contributed by atoms with Crippen molar-refractivity contribution in [2.45, 2.75) is 45.4 Å². The van der Waals surface area contributed by atoms with Gasteiger partial charge in [-0.15, -0.1) is 13.2 Å². The molecule has 0 aromatic heterocycles. The first-order valence-electron chi connectivity index (χ1n) is 14.4. The fourth-order valence-corrected chi connectivity index (χ4v) is 4.66. The van der Waals surface area contributed by atoms with E-state index in [9.17, 15) is 22.8 Å². The summed E-state index contributed by atoms with van der Waals surface area (Å²) in [6, 6.07) is 26.9. The predicted octanol–water partition coefficient (Wildman–Crippen LogP) is 8.09. The molecule has 0 fully saturated rings. The number of carboxylic acid groups (broad SMARTS) is 1. The van der Waals surface area contributed by atoms with Gasteiger partial charge in [0.2, 0.25) is 0 Å². The van der Waals surface area contributed by atoms with Crippen LogP contribution >= 0.6 is 0 Å². The van der Waals surface area contributed by atoms with Crippen LogP contribution in [0.5, 0.6) is 11.5 Å². The van der Waals surface area contributed by atoms with E-state index in [2.05, 4.69) is 17.0 Å². The second-order valence-corrected chi connectivity index (χ2v) is 10.3. The molecule has 2 N–H and O–H groups in total. The number of halogens is 3. The number of hydrogen-bond acceptors (Lipinski definition) is 4. The molecule has 0 saturated heterocycles. The quantitative estimate of drug-likeness (QED) is 0.142. The molecule has 0 heterocycles. The molecule has 9 heteroatoms. The third-order valence-corrected chi connectivity index (χ3v) is 6.98. The van der Waals surface area contributed by atoms with Crippen molar-refractivity contribution < 1.29 is 37.3 Å². The lowest BCUT2D eigenvalue weighted by Gasteiger charge is -2.15. The maximum absolute atomic E-state index is 12.6. The summed E-state index contributed by atoms with van der Waals surface area (Å²) in [4.78, 5) is 23.0. The number of aryl methyl sites for hydroxylation is 2. The van der Waals surface area contributed by atoms with Crippen molar-refractivity contribution in [1.82, 2.24) is 5.32 Å². The minimum atomic E-state index is -4.75. The molecule has 0 aliphatic carbocycles. The third-order valence-electron chi connectivity index (χ3n) is 6.98. The zero-order valence-electron chi connectivity index (χ0n) is 24.3. The summed E-state index contributed by atoms with van der Waals surface area (Å²) in [6.45, 7) is 2.82. The number of rotatable bonds is 14. The molecule has 0 atom stereocenters. The van der Waals surface area contributed by atoms with Crippen LogP contribution in [0.15, 0.2) is 91.0 Å². The molecular weight excluding hydrogens is 571 g/mol. The first-order valence-corrected chi connectivity index (χ1v) is 14.4. The van der Waals surface area contributed by atoms with E-state index in [0.29, 0.717) is 25.0 Å². The Labute approximate surface area is 254 Å². The van der Waals surface area contributed by atoms with E-state index in [4.69, 9.17) is 9.84 Å². The van der Waals surface area contributed by atoms with Crippen LogP contribution in [0.1, 0.15) is 47.7 Å². The Bertz CT molecular complexity index is 1530. The van der Waals surface area contributed by atoms with Gasteiger partial charge in [0, 0.05) is 12.1 Å². The number of carbonyl (C=O) groups excluding carboxylic acids is 1. The van der Waals surface area contributed by atoms with Crippen LogP contribution in [0.3, 0.4) is 0 Å². The van der Waals surface area contributed by atoms with Gasteiger partial charge in [0.1, 0.15) is 11.5 Å². The molecule has 4 rings (SSSR count). The van der Waals surface area contributed by atoms with E-state index in [-0.39, 0.29) is 24.6 Å². The lowest BCUT2D eigenvalue weighted by atomic mass is 9.91. The highest BCUT2D eigenvalue weighted by atomic mass is 19.4. The maximum atomic E-state index is 12.6. The number of carboxylic acids is 1. The summed E-state index contributed by atoms with van der Waals surface area (Å²) < 4.78 is 47.7. The monoisotopic (exact) mass is 605 g/mol. The van der Waals surface area contributed by atoms with Crippen molar-refractivity contribution in [3.05, 3.63) is 108 Å². The Kier molecular flexibility index (Phi) is 11.0. The Morgan fingerprint density at radius 1 is 0.795 bits per heavy atom. The Morgan fingerprint density at radius 2 is 1.43 bits per heavy atom. The van der Waals surface area contributed by atoms with Crippen molar-refractivity contribution in [1.29, 1.82) is 0 Å². The highest BCUT2D eigenvalue weighted by Crippen LogP contribution is 2.32. The van der Waals surface area contributed by atoms with Crippen molar-refractivity contribution in [3.8, 4) is 33.8 Å². The fraction of sp³-hybridized carbons (Fsp3) is 0.257. The second-order valence-electron chi connectivity index (χ2n) is 10.3. The number of hydrogen-bond donors (Lipinski definition) is 2. The lowest BCUT2D eigenvalue weighted by molar-refractivity contribution is -0.274. The maximum Gasteiger partial charge on any atom is 0.573 e. The van der Waals surface area contributed by atoms with Crippen LogP contribution in [0.25, 0.3) is 22.3 Å². The molecule has 230 valence electrons. The summed E-state index contributed by atoms with van der Waals surface area (Å²) in [7, 11) is 0. The first-order chi connectivity index (χ1) is 21.1. The predicted molar refractivity (Wildman–Crippen MR) is 163 cm³/mol. The van der Waals surface area contributed by atoms with E-state index < -0.39 is 12.3 Å². The molecule has 0 spiro atoms. The number of unbranched alkanes of at least 4 members (excludes halogenated alkanes) is 1. The first kappa shape index (κ1) is 32.1. The van der Waals surface area contributed by atoms with Gasteiger partial charge in [0.05, 0.1) is 13.0 Å². The van der Waals surface area contributed by atoms with E-state index in [1.165, 1.54) is 12.1 Å². The van der Waals surface area contributed by atoms with E-state index in [1.807, 2.05) is 54.6 Å². The molecular formula is C35H34F3NO5. The van der Waals surface area contributed by atoms with E-state index in [1.54, 1.807) is 24.3 Å². The van der Waals surface area contributed by atoms with Crippen LogP contribution in [0.2, 0.25) is 0 Å². The lowest BCUT2D eigenvalue weighted by Crippen LogP contribution is -2.25. The number of aliphatic carboxylic acids is 1. The van der Waals surface area contributed by atoms with Gasteiger partial charge in [-0.25, -0.2) is 0 Å². The minimum Gasteiger partial charge on any atom is -0.494 e. The topological polar surface area (TPSA) is 84.9 Å². The summed E-state index contributed by atoms with van der Waals surface area (Å²) in [6.07, 6.45) is -1.53. The van der Waals surface area contributed by atoms with Gasteiger partial charge < -0.3 is 19.9 Å². The molecule has 0 radical (unpaired) electrons. The van der Waals surface area contributed by atoms with Crippen LogP contribution in [-0.2, 0) is 17.6 Å². The van der Waals surface area contributed by atoms with Gasteiger partial charge in [-0.3, -0.25) is 9.59 Å². The largest absolute Gasteiger partial charge is 0.573 e. The molecule has 44 heavy (non-hydrogen) atoms. The summed E-state index contributed by atoms with van der Waals surface area (Å²) in [5.74, 6) is -0.790. The van der Waals surface area contributed by atoms with Crippen molar-refractivity contribution >= 4 is 11.9 Å². The number of nitrogens with one attached hydrogen (secondary N) is 1. The summed E-state index contributed by atoms with van der Waals surface area (Å²) in [5, 5.41) is 11.4. The van der Waals surface area contributed by atoms with E-state index in [0.717, 1.165) is 52.0 Å². The highest BCUT2D eigenvalue weighted by molar-refractivity contribution is 5.94. The number of amides is 1. The van der Waals surface area contributed by atoms with Gasteiger partial charge >= 0.3 is 12.3 Å². The van der Waals surface area contributed by atoms with E-state index >= 15 is 0 Å². The molecule has 0 aliphatic heterocycles. The molecule has 0 unspecified atom stereocenters. The number of carbonyl (C=O) groups is 2. The molecule has 0 bridgehead atoms. The van der Waals surface area contributed by atoms with Gasteiger partial charge in [-0.2, -0.15) is 0 Å². The standard InChI is InChI=1S/C35H34F3NO5/c1-2-3-22-43-30-15-12-26(13-16-30)32-19-14-28(25-10-17-31(18-11-25)44-35(36,37)38)23-29(32)9-6-24-4-7-27(8-5-24)34(42)39-21-20-33(40)41/h4-5,7-8,10-19,23H,2-3,6,9,20-22H2,1H3,(H,39,42)(H,40,41). The second kappa shape index (κ2) is 15.1. The molecule has 0 aliphatic rings. The fourth-order valence-electron chi connectivity index (χ4n) is 4.66. The zero-order valence-corrected chi connectivity index (χ0v) is 24.3. The zero-order chi connectivity index (χ0) is 31.5. The van der Waals surface area contributed by atoms with Crippen LogP contribution in [0.4, 0.5) is 13.2 Å². The smallest absolute Gasteiger partial charge is 0.494 e. The van der Waals surface area contributed by atoms with Crippen LogP contribution in [0, 0.1) is 0 Å². The molecule has 0 saturated carbocycles. The van der Waals surface area contributed by atoms with Crippen molar-refractivity contribution in [2.24, 2.45) is 0 Å². The number of benzene rings is 4. The number of alkyl halides is 3. The Hall–Kier alpha value is -4.79. The summed E-state index contributed by atoms with van der Waals surface area (Å²) >= 11 is 0. The molecule has 6 nitrogen and oxygen atoms in total. The Balaban J connectivity index is 1.55. The van der Waals surface area contributed by atoms with Crippen molar-refractivity contribution in [2.75, 3.05) is 13.2 Å². The summed E-state index contributed by atoms with van der Waals surface area (Å²) in [5.41, 5.74) is 6.16. The van der Waals surface area contributed by atoms with Crippen LogP contribution < -0.4 is 14.8 Å². The van der Waals surface area contributed by atoms with Crippen LogP contribution in [-0.4, -0.2) is 36.5 Å². The molecule has 1 amide bonds. The normalized spacial score (nSPS) is 11.2. The highest BCUT2D eigenvalue weighted by Gasteiger charge is 2.31. The average Bonchev–Trinajstić information content (AvgIpc) is 3.00. The van der Waals surface area contributed by atoms with Gasteiger partial charge in [-0.1, -0.05) is 67.9 Å². The number of ether oxygens (including phenoxy) is 2. The SMILES string of the molecule is CCCCOc1ccc(-c2ccc(-c3ccc(OC(F)(F)F)cc3)cc2CCc2ccc(C(=O)NCCC(=O)O)cc2)cc1. The molecule has 4 aromatic carbocycles. The van der Waals surface area contributed by atoms with Gasteiger partial charge in [-0.05, 0) is 89.0 Å². The van der Waals surface area contributed by atoms with Gasteiger partial charge in [0.25, 0.3) is 5.91 Å². The third kappa shape index (κ3) is 9.62. The van der Waals surface area contributed by atoms with Crippen molar-refractivity contribution in [3.63, 3.8) is 0 Å². The average molecular weight is 606 g/mol. The Morgan fingerprint density at radius 3 is 2.07 bits per heavy atom. The van der Waals surface area contributed by atoms with Gasteiger partial charge in [0.15, 0.2) is 0 Å².